The monoisotopic (exact) mass is 639 g/mol. The Morgan fingerprint density at radius 2 is 1.44 bits per heavy atom. The van der Waals surface area contributed by atoms with Gasteiger partial charge in [-0.2, -0.15) is 0 Å². The molecular weight excluding hydrogens is 628 g/mol. The Balaban J connectivity index is 1.99. The molecule has 3 aliphatic rings. The molecule has 25 nitrogen and oxygen atoms in total. The molecule has 5 unspecified atom stereocenters. The Kier molecular flexibility index (Phi) is 6.52. The van der Waals surface area contributed by atoms with E-state index in [1.165, 1.54) is 46.0 Å². The van der Waals surface area contributed by atoms with Crippen molar-refractivity contribution in [2.45, 2.75) is 0 Å². The highest BCUT2D eigenvalue weighted by molar-refractivity contribution is 14.1. The standard InChI is InChI=1S/H11I2N13O12/c1-16-8-18-10-19-11-23-12(4,17-2)25-14(6)21-9(3)20-13(5,22-10)26-15(7,24-11)27-14/h8H,3-7H2/q+4. The first kappa shape index (κ1) is 22.2. The first-order valence-electron chi connectivity index (χ1n) is 5.66. The van der Waals surface area contributed by atoms with Gasteiger partial charge >= 0.3 is 10.2 Å². The van der Waals surface area contributed by atoms with Gasteiger partial charge in [0.1, 0.15) is 28.3 Å². The Morgan fingerprint density at radius 1 is 0.815 bits per heavy atom. The predicted octanol–water partition coefficient (Wildman–Crippen LogP) is -4.81. The van der Waals surface area contributed by atoms with E-state index >= 15 is 0 Å². The van der Waals surface area contributed by atoms with Gasteiger partial charge in [-0.25, -0.2) is 9.01 Å². The quantitative estimate of drug-likeness (QED) is 0.0730. The number of hydrazine groups is 1. The molecule has 3 heterocycles. The van der Waals surface area contributed by atoms with Gasteiger partial charge in [0.2, 0.25) is 28.4 Å². The van der Waals surface area contributed by atoms with E-state index in [4.69, 9.17) is 73.7 Å². The van der Waals surface area contributed by atoms with Crippen LogP contribution in [0.3, 0.4) is 0 Å². The lowest BCUT2D eigenvalue weighted by molar-refractivity contribution is -1.73. The van der Waals surface area contributed by atoms with Crippen molar-refractivity contribution in [3.63, 3.8) is 0 Å². The number of hydrogen-bond acceptors (Lipinski definition) is 21. The van der Waals surface area contributed by atoms with Gasteiger partial charge in [0.05, 0.1) is 14.8 Å². The third kappa shape index (κ3) is 5.34. The van der Waals surface area contributed by atoms with Crippen molar-refractivity contribution in [1.29, 1.82) is 0 Å². The van der Waals surface area contributed by atoms with Crippen LogP contribution in [0.25, 0.3) is 0 Å². The largest absolute Gasteiger partial charge is 0.322 e. The Hall–Kier alpha value is 0.460. The van der Waals surface area contributed by atoms with Crippen LogP contribution in [0.15, 0.2) is 0 Å². The molecule has 0 aromatic heterocycles. The van der Waals surface area contributed by atoms with E-state index < -0.39 is 20.3 Å². The molecular formula is H11I2N13O12+4. The van der Waals surface area contributed by atoms with E-state index in [0.29, 0.717) is 0 Å². The molecule has 158 valence electrons. The first-order valence-corrected chi connectivity index (χ1v) is 7.42. The summed E-state index contributed by atoms with van der Waals surface area (Å²) in [7, 11) is 0. The fraction of sp³-hybridized carbons (Fsp3) is 0. The van der Waals surface area contributed by atoms with Crippen LogP contribution in [0.4, 0.5) is 0 Å². The normalized spacial score (nSPS) is 47.0. The highest BCUT2D eigenvalue weighted by atomic mass is 127. The molecule has 0 aromatic rings. The van der Waals surface area contributed by atoms with Crippen molar-refractivity contribution in [3.8, 4) is 0 Å². The van der Waals surface area contributed by atoms with Crippen molar-refractivity contribution in [3.05, 3.63) is 0 Å². The second kappa shape index (κ2) is 7.95. The summed E-state index contributed by atoms with van der Waals surface area (Å²) < 4.78 is 9.03. The minimum absolute atomic E-state index is 0.0404. The van der Waals surface area contributed by atoms with Crippen LogP contribution in [-0.2, 0) is 55.7 Å². The summed E-state index contributed by atoms with van der Waals surface area (Å²) in [5.74, 6) is 27.8. The zero-order valence-electron chi connectivity index (χ0n) is 12.2. The van der Waals surface area contributed by atoms with Crippen LogP contribution in [0.2, 0.25) is 0 Å². The minimum atomic E-state index is -2.11. The van der Waals surface area contributed by atoms with E-state index in [1.807, 2.05) is 0 Å². The smallest absolute Gasteiger partial charge is 0.209 e. The van der Waals surface area contributed by atoms with E-state index in [2.05, 4.69) is 11.3 Å². The van der Waals surface area contributed by atoms with Crippen LogP contribution in [0.1, 0.15) is 0 Å². The Labute approximate surface area is 173 Å². The zero-order valence-corrected chi connectivity index (χ0v) is 16.5. The summed E-state index contributed by atoms with van der Waals surface area (Å²) in [6.07, 6.45) is 0. The molecule has 0 aromatic carbocycles. The topological polar surface area (TPSA) is 263 Å². The van der Waals surface area contributed by atoms with Gasteiger partial charge in [0.25, 0.3) is 10.2 Å². The maximum atomic E-state index is 5.63. The van der Waals surface area contributed by atoms with Crippen molar-refractivity contribution in [2.24, 2.45) is 29.2 Å². The van der Waals surface area contributed by atoms with Crippen molar-refractivity contribution in [1.82, 2.24) is 21.8 Å². The molecule has 0 aliphatic carbocycles. The molecule has 3 fully saturated rings. The van der Waals surface area contributed by atoms with E-state index in [9.17, 15) is 0 Å². The molecule has 27 heteroatoms. The lowest BCUT2D eigenvalue weighted by atomic mass is 12.1. The molecule has 3 saturated heterocycles. The van der Waals surface area contributed by atoms with Crippen LogP contribution in [0, 0.1) is 0 Å². The summed E-state index contributed by atoms with van der Waals surface area (Å²) in [4.78, 5) is 47.9. The summed E-state index contributed by atoms with van der Waals surface area (Å²) in [6.45, 7) is 0. The van der Waals surface area contributed by atoms with Crippen LogP contribution < -0.4 is 34.9 Å². The van der Waals surface area contributed by atoms with Gasteiger partial charge in [0.15, 0.2) is 20.2 Å². The minimum Gasteiger partial charge on any atom is -0.209 e. The van der Waals surface area contributed by atoms with Crippen molar-refractivity contribution < 1.29 is 76.0 Å². The van der Waals surface area contributed by atoms with Crippen molar-refractivity contribution in [2.75, 3.05) is 0 Å². The van der Waals surface area contributed by atoms with E-state index in [0.717, 1.165) is 0 Å². The maximum absolute atomic E-state index is 5.63. The van der Waals surface area contributed by atoms with Crippen LogP contribution >= 0.6 is 46.0 Å². The average molecular weight is 639 g/mol. The second-order valence-corrected chi connectivity index (χ2v) is 4.78. The predicted molar refractivity (Wildman–Crippen MR) is 71.7 cm³/mol. The van der Waals surface area contributed by atoms with Gasteiger partial charge in [-0.3, -0.25) is 0 Å². The molecule has 5 atom stereocenters. The lowest BCUT2D eigenvalue weighted by Crippen LogP contribution is -2.82. The van der Waals surface area contributed by atoms with Crippen LogP contribution in [0.5, 0.6) is 0 Å². The number of nitrogens with zero attached hydrogens (tertiary/aromatic N) is 7. The Bertz CT molecular complexity index is 543. The fourth-order valence-corrected chi connectivity index (χ4v) is 1.58. The molecule has 0 spiro atoms. The highest BCUT2D eigenvalue weighted by Crippen LogP contribution is 2.31. The van der Waals surface area contributed by atoms with Gasteiger partial charge in [-0.05, 0) is 8.81 Å². The number of quaternary nitrogens is 4. The zero-order chi connectivity index (χ0) is 19.9. The molecule has 4 bridgehead atoms. The maximum Gasteiger partial charge on any atom is 0.322 e. The first-order chi connectivity index (χ1) is 12.5. The molecule has 0 amide bonds. The van der Waals surface area contributed by atoms with Gasteiger partial charge in [-0.15, -0.1) is 4.94 Å². The molecule has 0 radical (unpaired) electrons. The molecule has 11 N–H and O–H groups in total. The number of hydrogen-bond donors (Lipinski definition) is 6. The molecule has 3 rings (SSSR count). The summed E-state index contributed by atoms with van der Waals surface area (Å²) in [6, 6.07) is 0. The third-order valence-corrected chi connectivity index (χ3v) is 2.71. The SMILES string of the molecule is NN1O[N+]2(N)ON(ONOI)ON3O[N+](N)(OI)O[N+](N)(O1)O[N+](N)(O3)O2. The number of rotatable bonds is 4. The summed E-state index contributed by atoms with van der Waals surface area (Å²) >= 11 is 2.59. The number of halogens is 2. The lowest BCUT2D eigenvalue weighted by Gasteiger charge is -2.36. The van der Waals surface area contributed by atoms with Crippen LogP contribution in [-0.4, -0.2) is 36.4 Å². The summed E-state index contributed by atoms with van der Waals surface area (Å²) in [5, 5.41) is -8.35. The number of fused-ring (bicyclic) bond motifs is 3. The molecule has 3 aliphatic heterocycles. The van der Waals surface area contributed by atoms with E-state index in [1.54, 1.807) is 5.64 Å². The van der Waals surface area contributed by atoms with E-state index in [-0.39, 0.29) is 16.1 Å². The second-order valence-electron chi connectivity index (χ2n) is 3.95. The summed E-state index contributed by atoms with van der Waals surface area (Å²) in [5.41, 5.74) is 1.80. The van der Waals surface area contributed by atoms with Crippen molar-refractivity contribution >= 4 is 46.0 Å². The third-order valence-electron chi connectivity index (χ3n) is 1.99. The number of nitrogens with two attached hydrogens (primary N) is 5. The number of nitrogens with one attached hydrogen (secondary N) is 1. The fourth-order valence-electron chi connectivity index (χ4n) is 1.36. The van der Waals surface area contributed by atoms with Gasteiger partial charge in [-0.1, -0.05) is 28.3 Å². The molecule has 27 heavy (non-hydrogen) atoms. The molecule has 0 saturated carbocycles. The van der Waals surface area contributed by atoms with Gasteiger partial charge in [0, 0.05) is 9.88 Å². The average Bonchev–Trinajstić information content (AvgIpc) is 2.47. The Morgan fingerprint density at radius 3 is 2.11 bits per heavy atom. The highest BCUT2D eigenvalue weighted by Gasteiger charge is 2.73. The van der Waals surface area contributed by atoms with Gasteiger partial charge < -0.3 is 0 Å².